The van der Waals surface area contributed by atoms with Gasteiger partial charge >= 0.3 is 0 Å². The van der Waals surface area contributed by atoms with Gasteiger partial charge in [0.05, 0.1) is 0 Å². The summed E-state index contributed by atoms with van der Waals surface area (Å²) < 4.78 is 10.5. The van der Waals surface area contributed by atoms with Gasteiger partial charge in [-0.15, -0.1) is 11.6 Å². The van der Waals surface area contributed by atoms with Gasteiger partial charge in [-0.2, -0.15) is 0 Å². The number of carbonyl (C=O) groups is 1. The maximum atomic E-state index is 12.1. The molecule has 0 aliphatic carbocycles. The van der Waals surface area contributed by atoms with Gasteiger partial charge < -0.3 is 14.8 Å². The van der Waals surface area contributed by atoms with Crippen LogP contribution in [0.5, 0.6) is 11.5 Å². The van der Waals surface area contributed by atoms with E-state index in [-0.39, 0.29) is 12.7 Å². The van der Waals surface area contributed by atoms with Crippen molar-refractivity contribution in [3.05, 3.63) is 53.6 Å². The second kappa shape index (κ2) is 5.43. The van der Waals surface area contributed by atoms with Gasteiger partial charge in [0.15, 0.2) is 11.5 Å². The summed E-state index contributed by atoms with van der Waals surface area (Å²) in [7, 11) is 0. The van der Waals surface area contributed by atoms with E-state index in [2.05, 4.69) is 5.32 Å². The fourth-order valence-corrected chi connectivity index (χ4v) is 2.10. The van der Waals surface area contributed by atoms with Gasteiger partial charge in [-0.25, -0.2) is 0 Å². The Hall–Kier alpha value is -2.20. The molecule has 1 aliphatic rings. The van der Waals surface area contributed by atoms with Crippen LogP contribution >= 0.6 is 11.6 Å². The molecule has 102 valence electrons. The molecular weight excluding hydrogens is 278 g/mol. The van der Waals surface area contributed by atoms with Crippen LogP contribution in [0, 0.1) is 0 Å². The molecule has 0 saturated heterocycles. The summed E-state index contributed by atoms with van der Waals surface area (Å²) in [5.41, 5.74) is 2.23. The van der Waals surface area contributed by atoms with Crippen molar-refractivity contribution in [1.29, 1.82) is 0 Å². The summed E-state index contributed by atoms with van der Waals surface area (Å²) in [6, 6.07) is 12.5. The molecule has 1 heterocycles. The minimum atomic E-state index is -0.176. The summed E-state index contributed by atoms with van der Waals surface area (Å²) in [6.07, 6.45) is 0. The summed E-state index contributed by atoms with van der Waals surface area (Å²) in [4.78, 5) is 12.1. The van der Waals surface area contributed by atoms with Crippen molar-refractivity contribution in [3.8, 4) is 11.5 Å². The van der Waals surface area contributed by atoms with Gasteiger partial charge in [0.1, 0.15) is 0 Å². The molecule has 1 N–H and O–H groups in total. The predicted molar refractivity (Wildman–Crippen MR) is 76.5 cm³/mol. The molecule has 5 heteroatoms. The molecule has 4 nitrogen and oxygen atoms in total. The van der Waals surface area contributed by atoms with Gasteiger partial charge in [0, 0.05) is 23.2 Å². The van der Waals surface area contributed by atoms with Gasteiger partial charge in [-0.3, -0.25) is 4.79 Å². The zero-order valence-electron chi connectivity index (χ0n) is 10.6. The Bertz CT molecular complexity index is 640. The normalized spacial score (nSPS) is 12.2. The van der Waals surface area contributed by atoms with E-state index in [9.17, 15) is 4.79 Å². The van der Waals surface area contributed by atoms with E-state index in [4.69, 9.17) is 21.1 Å². The van der Waals surface area contributed by atoms with Crippen LogP contribution in [0.15, 0.2) is 42.5 Å². The molecule has 0 radical (unpaired) electrons. The van der Waals surface area contributed by atoms with Crippen molar-refractivity contribution in [1.82, 2.24) is 0 Å². The molecule has 2 aromatic rings. The van der Waals surface area contributed by atoms with Crippen LogP contribution in [-0.2, 0) is 5.88 Å². The van der Waals surface area contributed by atoms with Gasteiger partial charge in [0.2, 0.25) is 6.79 Å². The van der Waals surface area contributed by atoms with Gasteiger partial charge in [-0.05, 0) is 29.8 Å². The number of rotatable bonds is 3. The minimum Gasteiger partial charge on any atom is -0.454 e. The minimum absolute atomic E-state index is 0.176. The highest BCUT2D eigenvalue weighted by Gasteiger charge is 2.14. The van der Waals surface area contributed by atoms with Crippen LogP contribution in [0.2, 0.25) is 0 Å². The van der Waals surface area contributed by atoms with Crippen LogP contribution in [0.25, 0.3) is 0 Å². The average Bonchev–Trinajstić information content (AvgIpc) is 2.95. The monoisotopic (exact) mass is 289 g/mol. The molecule has 0 unspecified atom stereocenters. The Labute approximate surface area is 121 Å². The van der Waals surface area contributed by atoms with Crippen LogP contribution in [0.1, 0.15) is 15.9 Å². The standard InChI is InChI=1S/C15H12ClNO3/c16-8-10-1-3-11(4-2-10)15(18)17-12-5-6-13-14(7-12)20-9-19-13/h1-7H,8-9H2,(H,17,18). The van der Waals surface area contributed by atoms with Crippen molar-refractivity contribution in [2.45, 2.75) is 5.88 Å². The third-order valence-electron chi connectivity index (χ3n) is 3.00. The Morgan fingerprint density at radius 2 is 1.85 bits per heavy atom. The third-order valence-corrected chi connectivity index (χ3v) is 3.31. The highest BCUT2D eigenvalue weighted by molar-refractivity contribution is 6.17. The zero-order chi connectivity index (χ0) is 13.9. The number of fused-ring (bicyclic) bond motifs is 1. The van der Waals surface area contributed by atoms with Crippen LogP contribution in [0.3, 0.4) is 0 Å². The molecule has 1 amide bonds. The number of anilines is 1. The zero-order valence-corrected chi connectivity index (χ0v) is 11.3. The third kappa shape index (κ3) is 2.56. The summed E-state index contributed by atoms with van der Waals surface area (Å²) in [5, 5.41) is 2.82. The summed E-state index contributed by atoms with van der Waals surface area (Å²) >= 11 is 5.72. The lowest BCUT2D eigenvalue weighted by atomic mass is 10.1. The first-order valence-electron chi connectivity index (χ1n) is 6.12. The molecule has 0 bridgehead atoms. The van der Waals surface area contributed by atoms with E-state index in [0.29, 0.717) is 28.6 Å². The first-order chi connectivity index (χ1) is 9.76. The van der Waals surface area contributed by atoms with Crippen LogP contribution in [-0.4, -0.2) is 12.7 Å². The smallest absolute Gasteiger partial charge is 0.255 e. The van der Waals surface area contributed by atoms with E-state index in [1.807, 2.05) is 12.1 Å². The summed E-state index contributed by atoms with van der Waals surface area (Å²) in [5.74, 6) is 1.59. The highest BCUT2D eigenvalue weighted by atomic mass is 35.5. The van der Waals surface area contributed by atoms with Crippen LogP contribution < -0.4 is 14.8 Å². The van der Waals surface area contributed by atoms with Crippen molar-refractivity contribution in [2.24, 2.45) is 0 Å². The maximum absolute atomic E-state index is 12.1. The molecule has 0 spiro atoms. The molecule has 0 saturated carbocycles. The first kappa shape index (κ1) is 12.8. The van der Waals surface area contributed by atoms with Gasteiger partial charge in [0.25, 0.3) is 5.91 Å². The van der Waals surface area contributed by atoms with E-state index in [0.717, 1.165) is 5.56 Å². The maximum Gasteiger partial charge on any atom is 0.255 e. The molecular formula is C15H12ClNO3. The number of amides is 1. The predicted octanol–water partition coefficient (Wildman–Crippen LogP) is 3.41. The molecule has 0 atom stereocenters. The summed E-state index contributed by atoms with van der Waals surface area (Å²) in [6.45, 7) is 0.215. The lowest BCUT2D eigenvalue weighted by molar-refractivity contribution is 0.102. The van der Waals surface area contributed by atoms with Crippen molar-refractivity contribution in [3.63, 3.8) is 0 Å². The number of hydrogen-bond acceptors (Lipinski definition) is 3. The number of benzene rings is 2. The molecule has 2 aromatic carbocycles. The Morgan fingerprint density at radius 3 is 2.60 bits per heavy atom. The van der Waals surface area contributed by atoms with E-state index < -0.39 is 0 Å². The van der Waals surface area contributed by atoms with Crippen molar-refractivity contribution in [2.75, 3.05) is 12.1 Å². The Morgan fingerprint density at radius 1 is 1.10 bits per heavy atom. The van der Waals surface area contributed by atoms with Crippen molar-refractivity contribution >= 4 is 23.2 Å². The SMILES string of the molecule is O=C(Nc1ccc2c(c1)OCO2)c1ccc(CCl)cc1. The highest BCUT2D eigenvalue weighted by Crippen LogP contribution is 2.34. The average molecular weight is 290 g/mol. The Kier molecular flexibility index (Phi) is 3.48. The number of nitrogens with one attached hydrogen (secondary N) is 1. The van der Waals surface area contributed by atoms with E-state index >= 15 is 0 Å². The fraction of sp³-hybridized carbons (Fsp3) is 0.133. The van der Waals surface area contributed by atoms with Gasteiger partial charge in [-0.1, -0.05) is 12.1 Å². The second-order valence-corrected chi connectivity index (χ2v) is 4.62. The second-order valence-electron chi connectivity index (χ2n) is 4.35. The number of halogens is 1. The molecule has 1 aliphatic heterocycles. The Balaban J connectivity index is 1.75. The molecule has 3 rings (SSSR count). The molecule has 0 aromatic heterocycles. The fourth-order valence-electron chi connectivity index (χ4n) is 1.92. The number of hydrogen-bond donors (Lipinski definition) is 1. The number of alkyl halides is 1. The molecule has 0 fully saturated rings. The van der Waals surface area contributed by atoms with Crippen molar-refractivity contribution < 1.29 is 14.3 Å². The first-order valence-corrected chi connectivity index (χ1v) is 6.65. The number of carbonyl (C=O) groups excluding carboxylic acids is 1. The lowest BCUT2D eigenvalue weighted by Crippen LogP contribution is -2.11. The lowest BCUT2D eigenvalue weighted by Gasteiger charge is -2.06. The topological polar surface area (TPSA) is 47.6 Å². The van der Waals surface area contributed by atoms with E-state index in [1.165, 1.54) is 0 Å². The molecule has 20 heavy (non-hydrogen) atoms. The number of ether oxygens (including phenoxy) is 2. The van der Waals surface area contributed by atoms with Crippen LogP contribution in [0.4, 0.5) is 5.69 Å². The largest absolute Gasteiger partial charge is 0.454 e. The van der Waals surface area contributed by atoms with E-state index in [1.54, 1.807) is 30.3 Å². The quantitative estimate of drug-likeness (QED) is 0.881.